The first-order valence-corrected chi connectivity index (χ1v) is 6.79. The van der Waals surface area contributed by atoms with Gasteiger partial charge in [-0.25, -0.2) is 4.39 Å². The van der Waals surface area contributed by atoms with Crippen molar-refractivity contribution in [3.05, 3.63) is 30.1 Å². The van der Waals surface area contributed by atoms with Gasteiger partial charge in [0, 0.05) is 12.1 Å². The van der Waals surface area contributed by atoms with Crippen molar-refractivity contribution in [1.29, 1.82) is 0 Å². The van der Waals surface area contributed by atoms with Crippen LogP contribution in [0.4, 0.5) is 4.39 Å². The molecule has 0 spiro atoms. The third-order valence-electron chi connectivity index (χ3n) is 3.17. The number of ether oxygens (including phenoxy) is 1. The zero-order valence-electron chi connectivity index (χ0n) is 12.4. The quantitative estimate of drug-likeness (QED) is 0.838. The van der Waals surface area contributed by atoms with Crippen molar-refractivity contribution in [2.24, 2.45) is 0 Å². The third kappa shape index (κ3) is 5.06. The highest BCUT2D eigenvalue weighted by molar-refractivity contribution is 5.84. The van der Waals surface area contributed by atoms with Gasteiger partial charge in [-0.1, -0.05) is 13.0 Å². The monoisotopic (exact) mass is 297 g/mol. The molecule has 1 amide bonds. The molecule has 1 N–H and O–H groups in total. The van der Waals surface area contributed by atoms with Gasteiger partial charge in [-0.3, -0.25) is 9.59 Å². The van der Waals surface area contributed by atoms with Crippen LogP contribution in [0.15, 0.2) is 24.3 Å². The van der Waals surface area contributed by atoms with E-state index < -0.39 is 23.8 Å². The first-order valence-electron chi connectivity index (χ1n) is 6.79. The van der Waals surface area contributed by atoms with Crippen LogP contribution in [0.1, 0.15) is 27.2 Å². The molecule has 0 fully saturated rings. The van der Waals surface area contributed by atoms with Crippen LogP contribution in [0, 0.1) is 5.82 Å². The second-order valence-corrected chi connectivity index (χ2v) is 4.83. The summed E-state index contributed by atoms with van der Waals surface area (Å²) in [5.74, 6) is -1.75. The van der Waals surface area contributed by atoms with Crippen molar-refractivity contribution < 1.29 is 23.8 Å². The zero-order chi connectivity index (χ0) is 16.0. The average Bonchev–Trinajstić information content (AvgIpc) is 2.43. The molecule has 1 rings (SSSR count). The molecule has 21 heavy (non-hydrogen) atoms. The fraction of sp³-hybridized carbons (Fsp3) is 0.467. The standard InChI is InChI=1S/C15H20FNO4/c1-4-10(2)17(9-14(18)19)15(20)11(3)21-13-7-5-6-12(16)8-13/h5-8,10-11H,4,9H2,1-3H3,(H,18,19). The Hall–Kier alpha value is -2.11. The van der Waals surface area contributed by atoms with Crippen LogP contribution < -0.4 is 4.74 Å². The first-order chi connectivity index (χ1) is 9.85. The number of nitrogens with zero attached hydrogens (tertiary/aromatic N) is 1. The van der Waals surface area contributed by atoms with Crippen LogP contribution >= 0.6 is 0 Å². The van der Waals surface area contributed by atoms with Gasteiger partial charge in [0.2, 0.25) is 0 Å². The smallest absolute Gasteiger partial charge is 0.323 e. The minimum absolute atomic E-state index is 0.216. The van der Waals surface area contributed by atoms with Gasteiger partial charge in [-0.15, -0.1) is 0 Å². The number of hydrogen-bond donors (Lipinski definition) is 1. The molecule has 0 aliphatic heterocycles. The summed E-state index contributed by atoms with van der Waals surface area (Å²) >= 11 is 0. The third-order valence-corrected chi connectivity index (χ3v) is 3.17. The van der Waals surface area contributed by atoms with Gasteiger partial charge in [0.15, 0.2) is 6.10 Å². The summed E-state index contributed by atoms with van der Waals surface area (Å²) in [6.45, 7) is 4.77. The van der Waals surface area contributed by atoms with Crippen molar-refractivity contribution in [1.82, 2.24) is 4.90 Å². The molecule has 0 aliphatic rings. The van der Waals surface area contributed by atoms with E-state index in [-0.39, 0.29) is 18.3 Å². The Labute approximate surface area is 123 Å². The van der Waals surface area contributed by atoms with Gasteiger partial charge in [0.25, 0.3) is 5.91 Å². The Bertz CT molecular complexity index is 506. The molecule has 116 valence electrons. The van der Waals surface area contributed by atoms with Gasteiger partial charge >= 0.3 is 5.97 Å². The van der Waals surface area contributed by atoms with E-state index in [1.165, 1.54) is 36.1 Å². The molecule has 0 aliphatic carbocycles. The van der Waals surface area contributed by atoms with E-state index in [0.29, 0.717) is 6.42 Å². The topological polar surface area (TPSA) is 66.8 Å². The summed E-state index contributed by atoms with van der Waals surface area (Å²) < 4.78 is 18.5. The lowest BCUT2D eigenvalue weighted by Gasteiger charge is -2.29. The largest absolute Gasteiger partial charge is 0.481 e. The lowest BCUT2D eigenvalue weighted by Crippen LogP contribution is -2.47. The highest BCUT2D eigenvalue weighted by Crippen LogP contribution is 2.16. The van der Waals surface area contributed by atoms with Gasteiger partial charge in [-0.2, -0.15) is 0 Å². The summed E-state index contributed by atoms with van der Waals surface area (Å²) in [4.78, 5) is 24.4. The van der Waals surface area contributed by atoms with Gasteiger partial charge in [-0.05, 0) is 32.4 Å². The normalized spacial score (nSPS) is 13.3. The molecule has 2 atom stereocenters. The maximum atomic E-state index is 13.1. The molecular weight excluding hydrogens is 277 g/mol. The predicted molar refractivity (Wildman–Crippen MR) is 75.6 cm³/mol. The number of rotatable bonds is 7. The number of benzene rings is 1. The molecule has 6 heteroatoms. The molecular formula is C15H20FNO4. The van der Waals surface area contributed by atoms with E-state index in [9.17, 15) is 14.0 Å². The van der Waals surface area contributed by atoms with E-state index in [1.807, 2.05) is 6.92 Å². The molecule has 0 aromatic heterocycles. The molecule has 0 radical (unpaired) electrons. The summed E-state index contributed by atoms with van der Waals surface area (Å²) in [7, 11) is 0. The van der Waals surface area contributed by atoms with Crippen molar-refractivity contribution >= 4 is 11.9 Å². The molecule has 0 heterocycles. The minimum Gasteiger partial charge on any atom is -0.481 e. The van der Waals surface area contributed by atoms with Crippen LogP contribution in [0.2, 0.25) is 0 Å². The second kappa shape index (κ2) is 7.61. The number of carboxylic acids is 1. The maximum absolute atomic E-state index is 13.1. The summed E-state index contributed by atoms with van der Waals surface area (Å²) in [6.07, 6.45) is -0.258. The van der Waals surface area contributed by atoms with Gasteiger partial charge in [0.05, 0.1) is 0 Å². The van der Waals surface area contributed by atoms with E-state index >= 15 is 0 Å². The SMILES string of the molecule is CCC(C)N(CC(=O)O)C(=O)C(C)Oc1cccc(F)c1. The summed E-state index contributed by atoms with van der Waals surface area (Å²) in [5.41, 5.74) is 0. The van der Waals surface area contributed by atoms with Crippen LogP contribution in [0.5, 0.6) is 5.75 Å². The van der Waals surface area contributed by atoms with E-state index in [0.717, 1.165) is 0 Å². The minimum atomic E-state index is -1.08. The molecule has 1 aromatic carbocycles. The fourth-order valence-corrected chi connectivity index (χ4v) is 1.85. The van der Waals surface area contributed by atoms with Crippen molar-refractivity contribution in [2.75, 3.05) is 6.54 Å². The van der Waals surface area contributed by atoms with Crippen molar-refractivity contribution in [2.45, 2.75) is 39.3 Å². The number of hydrogen-bond acceptors (Lipinski definition) is 3. The number of carbonyl (C=O) groups excluding carboxylic acids is 1. The number of carboxylic acid groups (broad SMARTS) is 1. The lowest BCUT2D eigenvalue weighted by atomic mass is 10.2. The van der Waals surface area contributed by atoms with E-state index in [2.05, 4.69) is 0 Å². The van der Waals surface area contributed by atoms with Crippen LogP contribution in [0.25, 0.3) is 0 Å². The average molecular weight is 297 g/mol. The van der Waals surface area contributed by atoms with E-state index in [1.54, 1.807) is 6.92 Å². The lowest BCUT2D eigenvalue weighted by molar-refractivity contribution is -0.149. The van der Waals surface area contributed by atoms with Crippen LogP contribution in [0.3, 0.4) is 0 Å². The number of halogens is 1. The Kier molecular flexibility index (Phi) is 6.14. The van der Waals surface area contributed by atoms with Gasteiger partial charge in [0.1, 0.15) is 18.1 Å². The Morgan fingerprint density at radius 3 is 2.57 bits per heavy atom. The van der Waals surface area contributed by atoms with Crippen molar-refractivity contribution in [3.8, 4) is 5.75 Å². The Morgan fingerprint density at radius 2 is 2.05 bits per heavy atom. The fourth-order valence-electron chi connectivity index (χ4n) is 1.85. The maximum Gasteiger partial charge on any atom is 0.323 e. The highest BCUT2D eigenvalue weighted by Gasteiger charge is 2.27. The molecule has 0 bridgehead atoms. The zero-order valence-corrected chi connectivity index (χ0v) is 12.4. The summed E-state index contributed by atoms with van der Waals surface area (Å²) in [6, 6.07) is 5.25. The number of carbonyl (C=O) groups is 2. The second-order valence-electron chi connectivity index (χ2n) is 4.83. The number of aliphatic carboxylic acids is 1. The van der Waals surface area contributed by atoms with E-state index in [4.69, 9.17) is 9.84 Å². The summed E-state index contributed by atoms with van der Waals surface area (Å²) in [5, 5.41) is 8.90. The number of amides is 1. The van der Waals surface area contributed by atoms with Crippen LogP contribution in [-0.4, -0.2) is 40.6 Å². The molecule has 2 unspecified atom stereocenters. The van der Waals surface area contributed by atoms with Crippen LogP contribution in [-0.2, 0) is 9.59 Å². The predicted octanol–water partition coefficient (Wildman–Crippen LogP) is 2.30. The first kappa shape index (κ1) is 16.9. The molecule has 1 aromatic rings. The Balaban J connectivity index is 2.80. The Morgan fingerprint density at radius 1 is 1.38 bits per heavy atom. The van der Waals surface area contributed by atoms with Gasteiger partial charge < -0.3 is 14.7 Å². The molecule has 0 saturated heterocycles. The highest BCUT2D eigenvalue weighted by atomic mass is 19.1. The van der Waals surface area contributed by atoms with Crippen molar-refractivity contribution in [3.63, 3.8) is 0 Å². The molecule has 5 nitrogen and oxygen atoms in total. The molecule has 0 saturated carbocycles.